The van der Waals surface area contributed by atoms with Gasteiger partial charge in [0.25, 0.3) is 5.56 Å². The molecule has 0 N–H and O–H groups in total. The normalized spacial score (nSPS) is 15.7. The zero-order chi connectivity index (χ0) is 27.1. The number of nitriles is 1. The van der Waals surface area contributed by atoms with Crippen LogP contribution in [0.1, 0.15) is 23.1 Å². The van der Waals surface area contributed by atoms with Gasteiger partial charge >= 0.3 is 11.9 Å². The number of alkyl halides is 3. The van der Waals surface area contributed by atoms with Crippen molar-refractivity contribution in [1.82, 2.24) is 14.1 Å². The lowest BCUT2D eigenvalue weighted by Crippen LogP contribution is -2.44. The quantitative estimate of drug-likeness (QED) is 0.377. The molecule has 1 fully saturated rings. The number of halogens is 6. The Morgan fingerprint density at radius 2 is 1.78 bits per heavy atom. The van der Waals surface area contributed by atoms with E-state index in [4.69, 9.17) is 0 Å². The van der Waals surface area contributed by atoms with E-state index in [2.05, 4.69) is 4.98 Å². The number of benzene rings is 1. The topological polar surface area (TPSA) is 83.9 Å². The highest BCUT2D eigenvalue weighted by atomic mass is 19.4. The molecule has 1 saturated heterocycles. The Labute approximate surface area is 205 Å². The van der Waals surface area contributed by atoms with Crippen LogP contribution in [-0.2, 0) is 13.0 Å². The lowest BCUT2D eigenvalue weighted by molar-refractivity contribution is -0.168. The minimum Gasteiger partial charge on any atom is -0.357 e. The Morgan fingerprint density at radius 1 is 1.11 bits per heavy atom. The number of anilines is 1. The second kappa shape index (κ2) is 9.76. The van der Waals surface area contributed by atoms with Crippen LogP contribution in [-0.4, -0.2) is 33.4 Å². The van der Waals surface area contributed by atoms with Gasteiger partial charge in [0.05, 0.1) is 29.4 Å². The third kappa shape index (κ3) is 4.96. The molecule has 0 saturated carbocycles. The number of pyridine rings is 1. The molecule has 4 rings (SSSR count). The van der Waals surface area contributed by atoms with Gasteiger partial charge in [-0.3, -0.25) is 14.3 Å². The van der Waals surface area contributed by atoms with E-state index < -0.39 is 60.3 Å². The fourth-order valence-electron chi connectivity index (χ4n) is 4.44. The molecule has 194 valence electrons. The number of hydrogen-bond donors (Lipinski definition) is 0. The van der Waals surface area contributed by atoms with E-state index >= 15 is 0 Å². The molecule has 7 nitrogen and oxygen atoms in total. The third-order valence-corrected chi connectivity index (χ3v) is 6.13. The molecule has 1 atom stereocenters. The summed E-state index contributed by atoms with van der Waals surface area (Å²) in [4.78, 5) is 32.2. The van der Waals surface area contributed by atoms with Crippen molar-refractivity contribution in [2.75, 3.05) is 18.0 Å². The molecule has 13 heteroatoms. The van der Waals surface area contributed by atoms with Crippen molar-refractivity contribution in [2.45, 2.75) is 32.5 Å². The van der Waals surface area contributed by atoms with Crippen molar-refractivity contribution in [3.8, 4) is 11.8 Å². The minimum absolute atomic E-state index is 0.0283. The third-order valence-electron chi connectivity index (χ3n) is 6.13. The highest BCUT2D eigenvalue weighted by molar-refractivity contribution is 5.52. The molecule has 0 radical (unpaired) electrons. The standard InChI is InChI=1S/C24H19F6N5O2/c1-13-6-16(11-32-10-13)35-22(36)17(7-14-8-18(25)20(27)19(26)9-14)21(34(5-3-31)23(35)37)33-4-2-15(12-33)24(28,29)30/h6,8-11,15H,2,4-5,7,12H2,1H3. The SMILES string of the molecule is Cc1cncc(-n2c(=O)c(Cc3cc(F)c(F)c(F)c3)c(N3CCC(C(F)(F)F)C3)n(CC#N)c2=O)c1. The van der Waals surface area contributed by atoms with Crippen molar-refractivity contribution >= 4 is 5.82 Å². The predicted octanol–water partition coefficient (Wildman–Crippen LogP) is 3.62. The van der Waals surface area contributed by atoms with Crippen LogP contribution in [0.25, 0.3) is 5.69 Å². The lowest BCUT2D eigenvalue weighted by atomic mass is 10.0. The number of aryl methyl sites for hydroxylation is 1. The van der Waals surface area contributed by atoms with E-state index in [1.54, 1.807) is 13.0 Å². The number of hydrogen-bond acceptors (Lipinski definition) is 5. The van der Waals surface area contributed by atoms with E-state index in [0.717, 1.165) is 4.57 Å². The average molecular weight is 523 g/mol. The van der Waals surface area contributed by atoms with Crippen molar-refractivity contribution in [3.63, 3.8) is 0 Å². The van der Waals surface area contributed by atoms with Crippen LogP contribution in [0.2, 0.25) is 0 Å². The number of aromatic nitrogens is 3. The van der Waals surface area contributed by atoms with Crippen LogP contribution in [0.4, 0.5) is 32.2 Å². The molecule has 37 heavy (non-hydrogen) atoms. The van der Waals surface area contributed by atoms with Crippen LogP contribution in [0, 0.1) is 41.6 Å². The molecular weight excluding hydrogens is 504 g/mol. The summed E-state index contributed by atoms with van der Waals surface area (Å²) >= 11 is 0. The first-order valence-corrected chi connectivity index (χ1v) is 11.0. The Balaban J connectivity index is 2.00. The van der Waals surface area contributed by atoms with Gasteiger partial charge < -0.3 is 4.90 Å². The molecule has 0 amide bonds. The average Bonchev–Trinajstić information content (AvgIpc) is 3.31. The summed E-state index contributed by atoms with van der Waals surface area (Å²) in [5, 5.41) is 9.40. The maximum Gasteiger partial charge on any atom is 0.393 e. The first kappa shape index (κ1) is 26.0. The smallest absolute Gasteiger partial charge is 0.357 e. The minimum atomic E-state index is -4.54. The fraction of sp³-hybridized carbons (Fsp3) is 0.333. The highest BCUT2D eigenvalue weighted by Gasteiger charge is 2.44. The van der Waals surface area contributed by atoms with Crippen LogP contribution < -0.4 is 16.1 Å². The van der Waals surface area contributed by atoms with Crippen molar-refractivity contribution < 1.29 is 26.3 Å². The van der Waals surface area contributed by atoms with Gasteiger partial charge in [0, 0.05) is 25.7 Å². The molecule has 1 aliphatic rings. The lowest BCUT2D eigenvalue weighted by Gasteiger charge is -2.26. The summed E-state index contributed by atoms with van der Waals surface area (Å²) in [5.74, 6) is -6.79. The van der Waals surface area contributed by atoms with E-state index in [9.17, 15) is 41.2 Å². The van der Waals surface area contributed by atoms with Crippen molar-refractivity contribution in [1.29, 1.82) is 5.26 Å². The summed E-state index contributed by atoms with van der Waals surface area (Å²) in [6, 6.07) is 4.54. The molecule has 0 aliphatic carbocycles. The Morgan fingerprint density at radius 3 is 2.35 bits per heavy atom. The largest absolute Gasteiger partial charge is 0.393 e. The van der Waals surface area contributed by atoms with E-state index in [0.29, 0.717) is 22.3 Å². The van der Waals surface area contributed by atoms with Crippen LogP contribution in [0.3, 0.4) is 0 Å². The first-order valence-electron chi connectivity index (χ1n) is 11.0. The highest BCUT2D eigenvalue weighted by Crippen LogP contribution is 2.36. The monoisotopic (exact) mass is 523 g/mol. The van der Waals surface area contributed by atoms with Gasteiger partial charge in [0.15, 0.2) is 17.5 Å². The molecule has 3 aromatic rings. The first-order chi connectivity index (χ1) is 17.4. The molecule has 0 bridgehead atoms. The van der Waals surface area contributed by atoms with Crippen LogP contribution in [0.15, 0.2) is 40.2 Å². The number of nitrogens with zero attached hydrogens (tertiary/aromatic N) is 5. The Kier molecular flexibility index (Phi) is 6.86. The Hall–Kier alpha value is -4.08. The maximum absolute atomic E-state index is 13.9. The second-order valence-electron chi connectivity index (χ2n) is 8.71. The summed E-state index contributed by atoms with van der Waals surface area (Å²) in [7, 11) is 0. The van der Waals surface area contributed by atoms with Crippen LogP contribution in [0.5, 0.6) is 0 Å². The van der Waals surface area contributed by atoms with E-state index in [-0.39, 0.29) is 35.6 Å². The molecule has 3 heterocycles. The van der Waals surface area contributed by atoms with Crippen molar-refractivity contribution in [2.24, 2.45) is 5.92 Å². The van der Waals surface area contributed by atoms with Gasteiger partial charge in [-0.15, -0.1) is 0 Å². The van der Waals surface area contributed by atoms with Gasteiger partial charge in [0.1, 0.15) is 12.4 Å². The predicted molar refractivity (Wildman–Crippen MR) is 120 cm³/mol. The number of rotatable bonds is 5. The van der Waals surface area contributed by atoms with Gasteiger partial charge in [-0.25, -0.2) is 22.5 Å². The van der Waals surface area contributed by atoms with E-state index in [1.807, 2.05) is 0 Å². The Bertz CT molecular complexity index is 1500. The fourth-order valence-corrected chi connectivity index (χ4v) is 4.44. The molecular formula is C24H19F6N5O2. The molecule has 1 aliphatic heterocycles. The summed E-state index contributed by atoms with van der Waals surface area (Å²) in [5.41, 5.74) is -1.84. The van der Waals surface area contributed by atoms with Gasteiger partial charge in [0.2, 0.25) is 0 Å². The van der Waals surface area contributed by atoms with Crippen molar-refractivity contribution in [3.05, 3.63) is 85.6 Å². The maximum atomic E-state index is 13.9. The van der Waals surface area contributed by atoms with Gasteiger partial charge in [-0.05, 0) is 42.7 Å². The summed E-state index contributed by atoms with van der Waals surface area (Å²) in [6.45, 7) is 0.239. The molecule has 0 spiro atoms. The van der Waals surface area contributed by atoms with Gasteiger partial charge in [-0.2, -0.15) is 18.4 Å². The molecule has 2 aromatic heterocycles. The summed E-state index contributed by atoms with van der Waals surface area (Å²) in [6.07, 6.45) is -2.75. The van der Waals surface area contributed by atoms with E-state index in [1.165, 1.54) is 23.4 Å². The van der Waals surface area contributed by atoms with Crippen LogP contribution >= 0.6 is 0 Å². The molecule has 1 unspecified atom stereocenters. The zero-order valence-corrected chi connectivity index (χ0v) is 19.3. The second-order valence-corrected chi connectivity index (χ2v) is 8.71. The zero-order valence-electron chi connectivity index (χ0n) is 19.3. The van der Waals surface area contributed by atoms with Gasteiger partial charge in [-0.1, -0.05) is 0 Å². The molecule has 1 aromatic carbocycles. The summed E-state index contributed by atoms with van der Waals surface area (Å²) < 4.78 is 83.2.